The van der Waals surface area contributed by atoms with Gasteiger partial charge in [-0.3, -0.25) is 0 Å². The molecule has 3 heteroatoms. The summed E-state index contributed by atoms with van der Waals surface area (Å²) in [5.41, 5.74) is 2.55. The van der Waals surface area contributed by atoms with E-state index in [2.05, 4.69) is 6.92 Å². The van der Waals surface area contributed by atoms with E-state index in [9.17, 15) is 4.79 Å². The van der Waals surface area contributed by atoms with Gasteiger partial charge < -0.3 is 5.11 Å². The van der Waals surface area contributed by atoms with E-state index in [1.165, 1.54) is 5.56 Å². The first-order valence-corrected chi connectivity index (χ1v) is 4.54. The average molecular weight is 220 g/mol. The second-order valence-corrected chi connectivity index (χ2v) is 3.00. The van der Waals surface area contributed by atoms with Gasteiger partial charge in [-0.15, -0.1) is 0 Å². The Kier molecular flexibility index (Phi) is 6.41. The van der Waals surface area contributed by atoms with Gasteiger partial charge in [0.1, 0.15) is 0 Å². The van der Waals surface area contributed by atoms with Crippen LogP contribution < -0.4 is 0 Å². The fourth-order valence-corrected chi connectivity index (χ4v) is 1.37. The molecule has 0 spiro atoms. The van der Waals surface area contributed by atoms with E-state index in [0.29, 0.717) is 5.56 Å². The van der Waals surface area contributed by atoms with Crippen LogP contribution in [0.5, 0.6) is 0 Å². The van der Waals surface area contributed by atoms with E-state index in [-0.39, 0.29) is 37.7 Å². The van der Waals surface area contributed by atoms with Crippen molar-refractivity contribution in [3.63, 3.8) is 0 Å². The van der Waals surface area contributed by atoms with Crippen molar-refractivity contribution in [1.82, 2.24) is 0 Å². The molecular formula is C11H16CaO2. The van der Waals surface area contributed by atoms with E-state index in [1.807, 2.05) is 19.1 Å². The zero-order chi connectivity index (χ0) is 9.84. The number of hydrogen-bond acceptors (Lipinski definition) is 1. The normalized spacial score (nSPS) is 9.29. The predicted molar refractivity (Wildman–Crippen MR) is 60.7 cm³/mol. The molecule has 1 N–H and O–H groups in total. The molecule has 0 saturated carbocycles. The quantitative estimate of drug-likeness (QED) is 0.786. The summed E-state index contributed by atoms with van der Waals surface area (Å²) in [5, 5.41) is 8.86. The summed E-state index contributed by atoms with van der Waals surface area (Å²) in [6.07, 6.45) is 1.72. The van der Waals surface area contributed by atoms with Gasteiger partial charge in [0, 0.05) is 0 Å². The van der Waals surface area contributed by atoms with Gasteiger partial charge >= 0.3 is 43.7 Å². The molecule has 0 atom stereocenters. The van der Waals surface area contributed by atoms with E-state index in [4.69, 9.17) is 5.11 Å². The molecule has 2 nitrogen and oxygen atoms in total. The van der Waals surface area contributed by atoms with Crippen LogP contribution in [-0.4, -0.2) is 48.8 Å². The molecule has 0 saturated heterocycles. The van der Waals surface area contributed by atoms with Gasteiger partial charge in [-0.25, -0.2) is 4.79 Å². The van der Waals surface area contributed by atoms with Crippen LogP contribution in [0.1, 0.15) is 35.3 Å². The van der Waals surface area contributed by atoms with E-state index < -0.39 is 5.97 Å². The van der Waals surface area contributed by atoms with Crippen LogP contribution in [0.3, 0.4) is 0 Å². The zero-order valence-corrected chi connectivity index (χ0v) is 8.00. The van der Waals surface area contributed by atoms with Gasteiger partial charge in [-0.05, 0) is 30.0 Å². The molecule has 0 aliphatic heterocycles. The Hall–Kier alpha value is -0.0503. The predicted octanol–water partition coefficient (Wildman–Crippen LogP) is 1.59. The Balaban J connectivity index is 0.00000169. The Bertz CT molecular complexity index is 321. The van der Waals surface area contributed by atoms with Crippen molar-refractivity contribution in [3.8, 4) is 0 Å². The molecular weight excluding hydrogens is 204 g/mol. The monoisotopic (exact) mass is 220 g/mol. The molecule has 1 aromatic rings. The summed E-state index contributed by atoms with van der Waals surface area (Å²) in [6.45, 7) is 4.04. The van der Waals surface area contributed by atoms with Gasteiger partial charge in [-0.2, -0.15) is 0 Å². The van der Waals surface area contributed by atoms with Crippen molar-refractivity contribution < 1.29 is 9.90 Å². The summed E-state index contributed by atoms with van der Waals surface area (Å²) >= 11 is 0. The van der Waals surface area contributed by atoms with Crippen molar-refractivity contribution in [1.29, 1.82) is 0 Å². The third kappa shape index (κ3) is 3.26. The molecule has 74 valence electrons. The summed E-state index contributed by atoms with van der Waals surface area (Å²) < 4.78 is 0. The third-order valence-corrected chi connectivity index (χ3v) is 2.19. The Morgan fingerprint density at radius 2 is 1.93 bits per heavy atom. The fourth-order valence-electron chi connectivity index (χ4n) is 1.37. The molecule has 1 aromatic carbocycles. The van der Waals surface area contributed by atoms with Crippen LogP contribution in [0.15, 0.2) is 18.2 Å². The second-order valence-electron chi connectivity index (χ2n) is 3.00. The molecule has 0 fully saturated rings. The molecule has 0 amide bonds. The van der Waals surface area contributed by atoms with Crippen molar-refractivity contribution in [2.24, 2.45) is 0 Å². The van der Waals surface area contributed by atoms with Crippen LogP contribution in [0.25, 0.3) is 0 Å². The fraction of sp³-hybridized carbons (Fsp3) is 0.364. The number of aromatic carboxylic acids is 1. The number of aryl methyl sites for hydroxylation is 2. The Morgan fingerprint density at radius 3 is 2.36 bits per heavy atom. The standard InChI is InChI=1S/C11H14O2.Ca.2H/c1-3-8-5-6-10(11(12)13)9(4-2)7-8;;;/h5-7H,3-4H2,1-2H3,(H,12,13);;;. The van der Waals surface area contributed by atoms with Crippen LogP contribution in [0.4, 0.5) is 0 Å². The SMILES string of the molecule is CCc1ccc(C(=O)O)c(CC)c1.[CaH2]. The molecule has 0 aliphatic rings. The van der Waals surface area contributed by atoms with Crippen molar-refractivity contribution in [2.75, 3.05) is 0 Å². The molecule has 14 heavy (non-hydrogen) atoms. The van der Waals surface area contributed by atoms with Gasteiger partial charge in [0.25, 0.3) is 0 Å². The van der Waals surface area contributed by atoms with Crippen molar-refractivity contribution in [3.05, 3.63) is 34.9 Å². The molecule has 1 rings (SSSR count). The summed E-state index contributed by atoms with van der Waals surface area (Å²) in [6, 6.07) is 5.55. The third-order valence-electron chi connectivity index (χ3n) is 2.19. The maximum atomic E-state index is 10.8. The van der Waals surface area contributed by atoms with Gasteiger partial charge in [0.2, 0.25) is 0 Å². The zero-order valence-electron chi connectivity index (χ0n) is 8.00. The molecule has 0 unspecified atom stereocenters. The molecule has 0 aromatic heterocycles. The van der Waals surface area contributed by atoms with E-state index >= 15 is 0 Å². The molecule has 0 heterocycles. The number of hydrogen-bond donors (Lipinski definition) is 1. The average Bonchev–Trinajstić information content (AvgIpc) is 2.16. The minimum atomic E-state index is -0.834. The van der Waals surface area contributed by atoms with Gasteiger partial charge in [0.05, 0.1) is 5.56 Å². The van der Waals surface area contributed by atoms with Crippen LogP contribution >= 0.6 is 0 Å². The second kappa shape index (κ2) is 6.44. The van der Waals surface area contributed by atoms with E-state index in [0.717, 1.165) is 18.4 Å². The Labute approximate surface area is 114 Å². The first kappa shape index (κ1) is 13.9. The summed E-state index contributed by atoms with van der Waals surface area (Å²) in [4.78, 5) is 10.8. The van der Waals surface area contributed by atoms with Gasteiger partial charge in [-0.1, -0.05) is 26.0 Å². The first-order chi connectivity index (χ1) is 6.19. The van der Waals surface area contributed by atoms with Crippen LogP contribution in [-0.2, 0) is 12.8 Å². The molecule has 0 bridgehead atoms. The number of benzene rings is 1. The Morgan fingerprint density at radius 1 is 1.29 bits per heavy atom. The van der Waals surface area contributed by atoms with Crippen LogP contribution in [0.2, 0.25) is 0 Å². The first-order valence-electron chi connectivity index (χ1n) is 4.54. The summed E-state index contributed by atoms with van der Waals surface area (Å²) in [7, 11) is 0. The van der Waals surface area contributed by atoms with Crippen LogP contribution in [0, 0.1) is 0 Å². The number of carboxylic acid groups (broad SMARTS) is 1. The number of carbonyl (C=O) groups is 1. The molecule has 0 aliphatic carbocycles. The maximum absolute atomic E-state index is 10.8. The van der Waals surface area contributed by atoms with Gasteiger partial charge in [0.15, 0.2) is 0 Å². The number of rotatable bonds is 3. The number of carboxylic acids is 1. The molecule has 0 radical (unpaired) electrons. The minimum absolute atomic E-state index is 0. The topological polar surface area (TPSA) is 37.3 Å². The van der Waals surface area contributed by atoms with E-state index in [1.54, 1.807) is 6.07 Å². The summed E-state index contributed by atoms with van der Waals surface area (Å²) in [5.74, 6) is -0.834. The van der Waals surface area contributed by atoms with Crippen molar-refractivity contribution >= 4 is 43.7 Å². The van der Waals surface area contributed by atoms with Crippen molar-refractivity contribution in [2.45, 2.75) is 26.7 Å².